The number of aryl methyl sites for hydroxylation is 1. The molecule has 0 amide bonds. The number of nitrogens with zero attached hydrogens (tertiary/aromatic N) is 2. The number of imidazole rings is 1. The molecule has 0 aliphatic carbocycles. The fourth-order valence-electron chi connectivity index (χ4n) is 1.67. The van der Waals surface area contributed by atoms with Crippen molar-refractivity contribution < 1.29 is 13.9 Å². The van der Waals surface area contributed by atoms with E-state index in [4.69, 9.17) is 4.74 Å². The molecule has 0 atom stereocenters. The second kappa shape index (κ2) is 4.25. The van der Waals surface area contributed by atoms with Gasteiger partial charge in [-0.3, -0.25) is 0 Å². The summed E-state index contributed by atoms with van der Waals surface area (Å²) in [6.45, 7) is 4.39. The van der Waals surface area contributed by atoms with Crippen molar-refractivity contribution in [3.8, 4) is 0 Å². The Hall–Kier alpha value is -1.36. The Bertz CT molecular complexity index is 527. The second-order valence-corrected chi connectivity index (χ2v) is 4.56. The Morgan fingerprint density at radius 3 is 3.06 bits per heavy atom. The molecule has 2 aromatic heterocycles. The number of fused-ring (bicyclic) bond motifs is 1. The third-order valence-corrected chi connectivity index (χ3v) is 3.53. The largest absolute Gasteiger partial charge is 0.459 e. The molecule has 2 rings (SSSR count). The quantitative estimate of drug-likeness (QED) is 0.603. The summed E-state index contributed by atoms with van der Waals surface area (Å²) in [5.41, 5.74) is 1.57. The van der Waals surface area contributed by atoms with Gasteiger partial charge in [-0.2, -0.15) is 4.40 Å². The zero-order valence-corrected chi connectivity index (χ0v) is 10.5. The number of rotatable bonds is 3. The molecule has 0 unspecified atom stereocenters. The first-order valence-corrected chi connectivity index (χ1v) is 6.16. The number of esters is 1. The number of aromatic nitrogens is 2. The van der Waals surface area contributed by atoms with E-state index in [9.17, 15) is 4.79 Å². The van der Waals surface area contributed by atoms with Crippen LogP contribution < -0.4 is 4.40 Å². The van der Waals surface area contributed by atoms with E-state index in [1.54, 1.807) is 11.3 Å². The van der Waals surface area contributed by atoms with Crippen LogP contribution in [0, 0.1) is 6.92 Å². The molecule has 2 aromatic rings. The third-order valence-electron chi connectivity index (χ3n) is 2.59. The summed E-state index contributed by atoms with van der Waals surface area (Å²) in [7, 11) is 1.96. The lowest BCUT2D eigenvalue weighted by Gasteiger charge is -1.99. The summed E-state index contributed by atoms with van der Waals surface area (Å²) in [5, 5.41) is 1.96. The zero-order chi connectivity index (χ0) is 11.7. The molecule has 0 aliphatic rings. The van der Waals surface area contributed by atoms with Crippen LogP contribution in [-0.4, -0.2) is 17.1 Å². The van der Waals surface area contributed by atoms with E-state index < -0.39 is 0 Å². The van der Waals surface area contributed by atoms with Crippen LogP contribution in [0.4, 0.5) is 0 Å². The molecule has 0 aliphatic heterocycles. The van der Waals surface area contributed by atoms with E-state index in [1.807, 2.05) is 41.4 Å². The standard InChI is InChI=1S/C11H15N2O2S/c1-4-6-15-10(14)9-8(2)12(3)11-13(9)5-7-16-11/h5,7H,4,6H2,1-3H3/q+1. The highest BCUT2D eigenvalue weighted by atomic mass is 32.1. The molecule has 5 heteroatoms. The van der Waals surface area contributed by atoms with Gasteiger partial charge in [-0.1, -0.05) is 18.3 Å². The average molecular weight is 239 g/mol. The number of hydrogen-bond donors (Lipinski definition) is 0. The van der Waals surface area contributed by atoms with Crippen molar-refractivity contribution in [2.45, 2.75) is 20.3 Å². The summed E-state index contributed by atoms with van der Waals surface area (Å²) < 4.78 is 9.07. The Morgan fingerprint density at radius 2 is 2.38 bits per heavy atom. The lowest BCUT2D eigenvalue weighted by atomic mass is 10.3. The van der Waals surface area contributed by atoms with Crippen molar-refractivity contribution >= 4 is 22.3 Å². The summed E-state index contributed by atoms with van der Waals surface area (Å²) in [5.74, 6) is -0.242. The maximum absolute atomic E-state index is 11.9. The summed E-state index contributed by atoms with van der Waals surface area (Å²) in [6, 6.07) is 0. The van der Waals surface area contributed by atoms with Crippen molar-refractivity contribution in [3.05, 3.63) is 23.0 Å². The number of carbonyl (C=O) groups excluding carboxylic acids is 1. The summed E-state index contributed by atoms with van der Waals surface area (Å²) in [4.78, 5) is 12.9. The van der Waals surface area contributed by atoms with Crippen LogP contribution in [0.1, 0.15) is 29.5 Å². The maximum Gasteiger partial charge on any atom is 0.383 e. The van der Waals surface area contributed by atoms with Crippen LogP contribution in [0.3, 0.4) is 0 Å². The smallest absolute Gasteiger partial charge is 0.383 e. The molecule has 0 N–H and O–H groups in total. The van der Waals surface area contributed by atoms with Gasteiger partial charge in [-0.25, -0.2) is 9.36 Å². The molecule has 0 saturated carbocycles. The van der Waals surface area contributed by atoms with Crippen molar-refractivity contribution in [1.29, 1.82) is 0 Å². The number of ether oxygens (including phenoxy) is 1. The molecule has 4 nitrogen and oxygen atoms in total. The SMILES string of the molecule is CCCOC(=O)c1c(C)n(C)c2scc[n+]12. The molecule has 0 saturated heterocycles. The normalized spacial score (nSPS) is 10.9. The van der Waals surface area contributed by atoms with Crippen molar-refractivity contribution in [1.82, 2.24) is 4.57 Å². The molecular weight excluding hydrogens is 224 g/mol. The Balaban J connectivity index is 2.46. The van der Waals surface area contributed by atoms with Crippen LogP contribution in [0.5, 0.6) is 0 Å². The number of carbonyl (C=O) groups is 1. The molecule has 0 fully saturated rings. The Morgan fingerprint density at radius 1 is 1.62 bits per heavy atom. The van der Waals surface area contributed by atoms with Gasteiger partial charge in [0.2, 0.25) is 0 Å². The van der Waals surface area contributed by atoms with E-state index in [2.05, 4.69) is 0 Å². The molecule has 16 heavy (non-hydrogen) atoms. The van der Waals surface area contributed by atoms with Gasteiger partial charge in [-0.15, -0.1) is 0 Å². The molecule has 86 valence electrons. The van der Waals surface area contributed by atoms with Gasteiger partial charge < -0.3 is 4.74 Å². The molecular formula is C11H15N2O2S+. The first-order chi connectivity index (χ1) is 7.66. The minimum atomic E-state index is -0.242. The highest BCUT2D eigenvalue weighted by Gasteiger charge is 2.28. The van der Waals surface area contributed by atoms with Crippen LogP contribution >= 0.6 is 11.3 Å². The third kappa shape index (κ3) is 1.61. The zero-order valence-electron chi connectivity index (χ0n) is 9.69. The maximum atomic E-state index is 11.9. The lowest BCUT2D eigenvalue weighted by molar-refractivity contribution is -0.510. The number of thiazole rings is 1. The van der Waals surface area contributed by atoms with E-state index in [0.29, 0.717) is 12.3 Å². The predicted octanol–water partition coefficient (Wildman–Crippen LogP) is 1.70. The molecule has 0 bridgehead atoms. The van der Waals surface area contributed by atoms with Gasteiger partial charge in [0.15, 0.2) is 5.69 Å². The van der Waals surface area contributed by atoms with E-state index in [1.165, 1.54) is 0 Å². The summed E-state index contributed by atoms with van der Waals surface area (Å²) >= 11 is 1.61. The second-order valence-electron chi connectivity index (χ2n) is 3.68. The van der Waals surface area contributed by atoms with Gasteiger partial charge in [0.1, 0.15) is 6.20 Å². The molecule has 0 spiro atoms. The highest BCUT2D eigenvalue weighted by molar-refractivity contribution is 7.14. The summed E-state index contributed by atoms with van der Waals surface area (Å²) in [6.07, 6.45) is 2.74. The minimum Gasteiger partial charge on any atom is -0.459 e. The van der Waals surface area contributed by atoms with Crippen molar-refractivity contribution in [3.63, 3.8) is 0 Å². The van der Waals surface area contributed by atoms with Gasteiger partial charge in [0.05, 0.1) is 13.7 Å². The van der Waals surface area contributed by atoms with Gasteiger partial charge >= 0.3 is 10.9 Å². The van der Waals surface area contributed by atoms with Crippen LogP contribution in [0.15, 0.2) is 11.6 Å². The van der Waals surface area contributed by atoms with E-state index in [-0.39, 0.29) is 5.97 Å². The monoisotopic (exact) mass is 239 g/mol. The fraction of sp³-hybridized carbons (Fsp3) is 0.455. The minimum absolute atomic E-state index is 0.242. The van der Waals surface area contributed by atoms with Crippen LogP contribution in [0.2, 0.25) is 0 Å². The lowest BCUT2D eigenvalue weighted by Crippen LogP contribution is -2.26. The molecule has 0 aromatic carbocycles. The first-order valence-electron chi connectivity index (χ1n) is 5.28. The Kier molecular flexibility index (Phi) is 2.96. The van der Waals surface area contributed by atoms with Crippen LogP contribution in [0.25, 0.3) is 4.96 Å². The highest BCUT2D eigenvalue weighted by Crippen LogP contribution is 2.14. The average Bonchev–Trinajstić information content (AvgIpc) is 2.81. The Labute approximate surface area is 98.1 Å². The van der Waals surface area contributed by atoms with E-state index in [0.717, 1.165) is 17.1 Å². The fourth-order valence-corrected chi connectivity index (χ4v) is 2.53. The topological polar surface area (TPSA) is 35.3 Å². The first kappa shape index (κ1) is 11.1. The predicted molar refractivity (Wildman–Crippen MR) is 61.8 cm³/mol. The van der Waals surface area contributed by atoms with Gasteiger partial charge in [0, 0.05) is 12.3 Å². The van der Waals surface area contributed by atoms with Gasteiger partial charge in [0.25, 0.3) is 5.69 Å². The number of hydrogen-bond acceptors (Lipinski definition) is 3. The van der Waals surface area contributed by atoms with Crippen LogP contribution in [-0.2, 0) is 11.8 Å². The van der Waals surface area contributed by atoms with Crippen molar-refractivity contribution in [2.75, 3.05) is 6.61 Å². The molecule has 0 radical (unpaired) electrons. The van der Waals surface area contributed by atoms with Gasteiger partial charge in [-0.05, 0) is 6.42 Å². The molecule has 2 heterocycles. The van der Waals surface area contributed by atoms with Crippen molar-refractivity contribution in [2.24, 2.45) is 7.05 Å². The van der Waals surface area contributed by atoms with E-state index >= 15 is 0 Å².